The molecule has 0 N–H and O–H groups in total. The summed E-state index contributed by atoms with van der Waals surface area (Å²) in [6.07, 6.45) is 3.11. The summed E-state index contributed by atoms with van der Waals surface area (Å²) in [5.41, 5.74) is 1.18. The van der Waals surface area contributed by atoms with Crippen molar-refractivity contribution in [2.45, 2.75) is 32.6 Å². The third-order valence-electron chi connectivity index (χ3n) is 2.60. The largest absolute Gasteiger partial charge is 0.300 e. The van der Waals surface area contributed by atoms with Crippen molar-refractivity contribution in [2.75, 3.05) is 0 Å². The van der Waals surface area contributed by atoms with Gasteiger partial charge in [0.25, 0.3) is 0 Å². The molecule has 0 bridgehead atoms. The van der Waals surface area contributed by atoms with E-state index in [1.54, 1.807) is 0 Å². The number of carbonyl (C=O) groups is 1. The van der Waals surface area contributed by atoms with Gasteiger partial charge in [-0.15, -0.1) is 6.58 Å². The van der Waals surface area contributed by atoms with Gasteiger partial charge in [0, 0.05) is 18.8 Å². The van der Waals surface area contributed by atoms with Gasteiger partial charge in [-0.25, -0.2) is 0 Å². The number of rotatable bonds is 6. The Balaban J connectivity index is 2.63. The smallest absolute Gasteiger partial charge is 0.134 e. The summed E-state index contributed by atoms with van der Waals surface area (Å²) in [6.45, 7) is 7.96. The summed E-state index contributed by atoms with van der Waals surface area (Å²) in [5.74, 6) is 0.921. The molecule has 0 heterocycles. The second-order valence-corrected chi connectivity index (χ2v) is 4.59. The molecule has 0 spiro atoms. The highest BCUT2D eigenvalue weighted by atomic mass is 16.1. The van der Waals surface area contributed by atoms with E-state index in [0.717, 1.165) is 0 Å². The van der Waals surface area contributed by atoms with Crippen LogP contribution in [0, 0.1) is 5.92 Å². The first kappa shape index (κ1) is 12.7. The fourth-order valence-electron chi connectivity index (χ4n) is 1.82. The van der Waals surface area contributed by atoms with Gasteiger partial charge in [0.1, 0.15) is 5.78 Å². The molecule has 1 rings (SSSR count). The third-order valence-corrected chi connectivity index (χ3v) is 2.60. The maximum Gasteiger partial charge on any atom is 0.134 e. The van der Waals surface area contributed by atoms with Crippen LogP contribution in [-0.2, 0) is 4.79 Å². The van der Waals surface area contributed by atoms with E-state index >= 15 is 0 Å². The molecule has 16 heavy (non-hydrogen) atoms. The molecule has 0 saturated carbocycles. The number of benzene rings is 1. The summed E-state index contributed by atoms with van der Waals surface area (Å²) in [5, 5.41) is 0. The molecule has 0 unspecified atom stereocenters. The summed E-state index contributed by atoms with van der Waals surface area (Å²) in [4.78, 5) is 11.7. The average Bonchev–Trinajstić information content (AvgIpc) is 2.26. The van der Waals surface area contributed by atoms with Crippen LogP contribution in [0.15, 0.2) is 43.0 Å². The standard InChI is InChI=1S/C15H20O/c1-4-13(11-15(16)10-12(2)3)14-8-6-5-7-9-14/h4-9,12-13H,1,10-11H2,2-3H3/t13-/m0/s1. The van der Waals surface area contributed by atoms with Crippen LogP contribution in [0.25, 0.3) is 0 Å². The molecule has 1 aromatic carbocycles. The Hall–Kier alpha value is -1.37. The van der Waals surface area contributed by atoms with E-state index in [-0.39, 0.29) is 5.92 Å². The Morgan fingerprint density at radius 1 is 1.25 bits per heavy atom. The van der Waals surface area contributed by atoms with Gasteiger partial charge in [-0.05, 0) is 11.5 Å². The summed E-state index contributed by atoms with van der Waals surface area (Å²) >= 11 is 0. The predicted molar refractivity (Wildman–Crippen MR) is 68.5 cm³/mol. The van der Waals surface area contributed by atoms with Gasteiger partial charge in [-0.1, -0.05) is 50.3 Å². The van der Waals surface area contributed by atoms with Gasteiger partial charge in [0.05, 0.1) is 0 Å². The van der Waals surface area contributed by atoms with Crippen molar-refractivity contribution in [3.05, 3.63) is 48.6 Å². The molecule has 0 fully saturated rings. The fraction of sp³-hybridized carbons (Fsp3) is 0.400. The van der Waals surface area contributed by atoms with Gasteiger partial charge >= 0.3 is 0 Å². The third kappa shape index (κ3) is 4.01. The van der Waals surface area contributed by atoms with Crippen LogP contribution in [0.5, 0.6) is 0 Å². The zero-order chi connectivity index (χ0) is 12.0. The zero-order valence-electron chi connectivity index (χ0n) is 10.1. The molecule has 1 heteroatoms. The Morgan fingerprint density at radius 2 is 1.88 bits per heavy atom. The van der Waals surface area contributed by atoms with Crippen LogP contribution in [0.3, 0.4) is 0 Å². The van der Waals surface area contributed by atoms with Crippen LogP contribution in [0.4, 0.5) is 0 Å². The second kappa shape index (κ2) is 6.26. The van der Waals surface area contributed by atoms with Gasteiger partial charge in [-0.2, -0.15) is 0 Å². The number of carbonyl (C=O) groups excluding carboxylic acids is 1. The van der Waals surface area contributed by atoms with Crippen LogP contribution < -0.4 is 0 Å². The lowest BCUT2D eigenvalue weighted by Crippen LogP contribution is -2.07. The molecular weight excluding hydrogens is 196 g/mol. The minimum absolute atomic E-state index is 0.160. The van der Waals surface area contributed by atoms with Crippen molar-refractivity contribution in [3.63, 3.8) is 0 Å². The van der Waals surface area contributed by atoms with E-state index in [2.05, 4.69) is 32.6 Å². The first-order valence-electron chi connectivity index (χ1n) is 5.82. The number of allylic oxidation sites excluding steroid dienone is 1. The lowest BCUT2D eigenvalue weighted by Gasteiger charge is -2.12. The maximum absolute atomic E-state index is 11.7. The van der Waals surface area contributed by atoms with E-state index in [9.17, 15) is 4.79 Å². The van der Waals surface area contributed by atoms with E-state index in [0.29, 0.717) is 24.5 Å². The van der Waals surface area contributed by atoms with Crippen LogP contribution >= 0.6 is 0 Å². The maximum atomic E-state index is 11.7. The molecule has 0 aliphatic rings. The Kier molecular flexibility index (Phi) is 4.97. The normalized spacial score (nSPS) is 12.4. The fourth-order valence-corrected chi connectivity index (χ4v) is 1.82. The van der Waals surface area contributed by atoms with E-state index in [1.807, 2.05) is 24.3 Å². The Bertz CT molecular complexity index is 338. The molecule has 1 aromatic rings. The number of hydrogen-bond acceptors (Lipinski definition) is 1. The lowest BCUT2D eigenvalue weighted by atomic mass is 9.91. The van der Waals surface area contributed by atoms with Gasteiger partial charge < -0.3 is 0 Å². The number of hydrogen-bond donors (Lipinski definition) is 0. The average molecular weight is 216 g/mol. The summed E-state index contributed by atoms with van der Waals surface area (Å²) in [6, 6.07) is 10.1. The van der Waals surface area contributed by atoms with Gasteiger partial charge in [0.2, 0.25) is 0 Å². The highest BCUT2D eigenvalue weighted by Gasteiger charge is 2.13. The molecule has 86 valence electrons. The lowest BCUT2D eigenvalue weighted by molar-refractivity contribution is -0.119. The number of Topliss-reactive ketones (excluding diaryl/α,β-unsaturated/α-hetero) is 1. The second-order valence-electron chi connectivity index (χ2n) is 4.59. The monoisotopic (exact) mass is 216 g/mol. The quantitative estimate of drug-likeness (QED) is 0.658. The molecule has 0 amide bonds. The molecule has 0 aliphatic carbocycles. The first-order chi connectivity index (χ1) is 7.63. The number of ketones is 1. The minimum Gasteiger partial charge on any atom is -0.300 e. The first-order valence-corrected chi connectivity index (χ1v) is 5.82. The predicted octanol–water partition coefficient (Wildman–Crippen LogP) is 3.96. The van der Waals surface area contributed by atoms with E-state index in [4.69, 9.17) is 0 Å². The van der Waals surface area contributed by atoms with Crippen molar-refractivity contribution in [1.29, 1.82) is 0 Å². The Morgan fingerprint density at radius 3 is 2.38 bits per heavy atom. The van der Waals surface area contributed by atoms with E-state index < -0.39 is 0 Å². The van der Waals surface area contributed by atoms with Crippen molar-refractivity contribution in [2.24, 2.45) is 5.92 Å². The minimum atomic E-state index is 0.160. The van der Waals surface area contributed by atoms with Crippen molar-refractivity contribution >= 4 is 5.78 Å². The van der Waals surface area contributed by atoms with Gasteiger partial charge in [-0.3, -0.25) is 4.79 Å². The van der Waals surface area contributed by atoms with E-state index in [1.165, 1.54) is 5.56 Å². The van der Waals surface area contributed by atoms with Gasteiger partial charge in [0.15, 0.2) is 0 Å². The van der Waals surface area contributed by atoms with Crippen LogP contribution in [0.1, 0.15) is 38.2 Å². The zero-order valence-corrected chi connectivity index (χ0v) is 10.1. The van der Waals surface area contributed by atoms with Crippen LogP contribution in [-0.4, -0.2) is 5.78 Å². The Labute approximate surface area is 98.2 Å². The molecule has 1 atom stereocenters. The molecule has 0 saturated heterocycles. The van der Waals surface area contributed by atoms with Crippen molar-refractivity contribution < 1.29 is 4.79 Å². The molecule has 1 nitrogen and oxygen atoms in total. The highest BCUT2D eigenvalue weighted by molar-refractivity contribution is 5.79. The molecule has 0 aliphatic heterocycles. The summed E-state index contributed by atoms with van der Waals surface area (Å²) in [7, 11) is 0. The molecule has 0 radical (unpaired) electrons. The highest BCUT2D eigenvalue weighted by Crippen LogP contribution is 2.22. The van der Waals surface area contributed by atoms with Crippen LogP contribution in [0.2, 0.25) is 0 Å². The van der Waals surface area contributed by atoms with Crippen molar-refractivity contribution in [3.8, 4) is 0 Å². The SMILES string of the molecule is C=C[C@@H](CC(=O)CC(C)C)c1ccccc1. The molecule has 0 aromatic heterocycles. The molecular formula is C15H20O. The topological polar surface area (TPSA) is 17.1 Å². The van der Waals surface area contributed by atoms with Crippen molar-refractivity contribution in [1.82, 2.24) is 0 Å². The summed E-state index contributed by atoms with van der Waals surface area (Å²) < 4.78 is 0.